The number of alkyl halides is 2. The quantitative estimate of drug-likeness (QED) is 0.238. The molecule has 1 aromatic carbocycles. The zero-order chi connectivity index (χ0) is 21.3. The van der Waals surface area contributed by atoms with Crippen LogP contribution in [0.4, 0.5) is 0 Å². The summed E-state index contributed by atoms with van der Waals surface area (Å²) >= 11 is 22.3. The average Bonchev–Trinajstić information content (AvgIpc) is 2.58. The lowest BCUT2D eigenvalue weighted by atomic mass is 9.93. The number of hydrazine groups is 1. The van der Waals surface area contributed by atoms with Crippen molar-refractivity contribution >= 4 is 69.3 Å². The summed E-state index contributed by atoms with van der Waals surface area (Å²) in [5.41, 5.74) is 3.66. The molecule has 1 aromatic rings. The molecule has 0 aromatic heterocycles. The standard InChI is InChI=1S/C8H7Cl3O.C7H5ClO.C4H12N2.ClH/c1-5-6(7(9)12)3-2-4-8(5,10)11;8-7(9)6-4-2-1-3-5-6;1-4(2,3)6-5;/h2-5H,1H3;1-5H;6H,5H2,1-3H3;1H. The molecular formula is C19H25Cl5N2O2. The molecule has 1 unspecified atom stereocenters. The van der Waals surface area contributed by atoms with Gasteiger partial charge in [-0.25, -0.2) is 0 Å². The van der Waals surface area contributed by atoms with Crippen molar-refractivity contribution in [1.29, 1.82) is 0 Å². The first kappa shape index (κ1) is 29.6. The molecule has 0 radical (unpaired) electrons. The topological polar surface area (TPSA) is 72.2 Å². The average molecular weight is 491 g/mol. The molecule has 9 heteroatoms. The molecule has 1 aliphatic carbocycles. The molecule has 0 amide bonds. The van der Waals surface area contributed by atoms with Crippen molar-refractivity contribution in [1.82, 2.24) is 5.43 Å². The first-order valence-corrected chi connectivity index (χ1v) is 9.52. The fraction of sp³-hybridized carbons (Fsp3) is 0.368. The van der Waals surface area contributed by atoms with Gasteiger partial charge in [0.1, 0.15) is 4.33 Å². The lowest BCUT2D eigenvalue weighted by Gasteiger charge is -2.26. The molecule has 1 atom stereocenters. The van der Waals surface area contributed by atoms with E-state index in [4.69, 9.17) is 52.2 Å². The lowest BCUT2D eigenvalue weighted by molar-refractivity contribution is -0.109. The van der Waals surface area contributed by atoms with Crippen LogP contribution >= 0.6 is 58.8 Å². The van der Waals surface area contributed by atoms with E-state index in [0.717, 1.165) is 0 Å². The second-order valence-corrected chi connectivity index (χ2v) is 8.82. The Labute approximate surface area is 192 Å². The Balaban J connectivity index is 0. The molecule has 0 saturated carbocycles. The fourth-order valence-corrected chi connectivity index (χ4v) is 2.31. The minimum Gasteiger partial charge on any atom is -0.276 e. The van der Waals surface area contributed by atoms with Crippen LogP contribution < -0.4 is 11.3 Å². The molecule has 0 aliphatic heterocycles. The molecular weight excluding hydrogens is 465 g/mol. The SMILES string of the molecule is CC(C)(C)NN.CC1C(C(=O)Cl)=CC=CC1(Cl)Cl.Cl.O=C(Cl)c1ccccc1. The maximum absolute atomic E-state index is 10.8. The van der Waals surface area contributed by atoms with Gasteiger partial charge in [-0.15, -0.1) is 12.4 Å². The summed E-state index contributed by atoms with van der Waals surface area (Å²) in [5, 5.41) is -0.909. The molecule has 1 aliphatic rings. The normalized spacial score (nSPS) is 16.9. The highest BCUT2D eigenvalue weighted by atomic mass is 35.5. The zero-order valence-electron chi connectivity index (χ0n) is 16.0. The second-order valence-electron chi connectivity index (χ2n) is 6.69. The van der Waals surface area contributed by atoms with Crippen LogP contribution in [0.2, 0.25) is 0 Å². The Morgan fingerprint density at radius 3 is 1.82 bits per heavy atom. The van der Waals surface area contributed by atoms with E-state index in [9.17, 15) is 9.59 Å². The third-order valence-corrected chi connectivity index (χ3v) is 4.64. The predicted molar refractivity (Wildman–Crippen MR) is 123 cm³/mol. The van der Waals surface area contributed by atoms with E-state index in [2.05, 4.69) is 5.43 Å². The molecule has 0 heterocycles. The van der Waals surface area contributed by atoms with Gasteiger partial charge in [-0.3, -0.25) is 20.9 Å². The summed E-state index contributed by atoms with van der Waals surface area (Å²) in [6, 6.07) is 8.74. The Bertz CT molecular complexity index is 683. The minimum atomic E-state index is -1.02. The van der Waals surface area contributed by atoms with Crippen molar-refractivity contribution in [2.75, 3.05) is 0 Å². The Morgan fingerprint density at radius 1 is 1.07 bits per heavy atom. The minimum absolute atomic E-state index is 0. The van der Waals surface area contributed by atoms with E-state index in [-0.39, 0.29) is 23.9 Å². The van der Waals surface area contributed by atoms with E-state index in [1.807, 2.05) is 26.8 Å². The highest BCUT2D eigenvalue weighted by molar-refractivity contribution is 6.68. The van der Waals surface area contributed by atoms with Crippen molar-refractivity contribution in [3.05, 3.63) is 59.7 Å². The molecule has 0 bridgehead atoms. The van der Waals surface area contributed by atoms with Gasteiger partial charge in [0.15, 0.2) is 0 Å². The molecule has 0 saturated heterocycles. The largest absolute Gasteiger partial charge is 0.276 e. The number of halogens is 5. The van der Waals surface area contributed by atoms with Crippen LogP contribution in [-0.4, -0.2) is 20.4 Å². The molecule has 0 fully saturated rings. The van der Waals surface area contributed by atoms with E-state index in [0.29, 0.717) is 11.1 Å². The van der Waals surface area contributed by atoms with Gasteiger partial charge in [0.25, 0.3) is 5.24 Å². The van der Waals surface area contributed by atoms with Crippen LogP contribution in [0.5, 0.6) is 0 Å². The third-order valence-electron chi connectivity index (χ3n) is 3.30. The smallest absolute Gasteiger partial charge is 0.252 e. The van der Waals surface area contributed by atoms with E-state index in [1.165, 1.54) is 0 Å². The van der Waals surface area contributed by atoms with Crippen LogP contribution in [-0.2, 0) is 4.79 Å². The third kappa shape index (κ3) is 12.1. The van der Waals surface area contributed by atoms with Gasteiger partial charge in [0.05, 0.1) is 0 Å². The number of carbonyl (C=O) groups is 2. The fourth-order valence-electron chi connectivity index (χ4n) is 1.58. The van der Waals surface area contributed by atoms with Crippen LogP contribution in [0.15, 0.2) is 54.1 Å². The zero-order valence-corrected chi connectivity index (χ0v) is 19.9. The van der Waals surface area contributed by atoms with Gasteiger partial charge in [0, 0.05) is 22.6 Å². The Kier molecular flexibility index (Phi) is 14.4. The van der Waals surface area contributed by atoms with Crippen LogP contribution in [0.3, 0.4) is 0 Å². The van der Waals surface area contributed by atoms with Crippen molar-refractivity contribution < 1.29 is 9.59 Å². The summed E-state index contributed by atoms with van der Waals surface area (Å²) in [7, 11) is 0. The molecule has 4 nitrogen and oxygen atoms in total. The maximum Gasteiger partial charge on any atom is 0.252 e. The first-order chi connectivity index (χ1) is 12.3. The van der Waals surface area contributed by atoms with Crippen LogP contribution in [0.1, 0.15) is 38.1 Å². The molecule has 3 N–H and O–H groups in total. The van der Waals surface area contributed by atoms with Gasteiger partial charge >= 0.3 is 0 Å². The Hall–Kier alpha value is -0.590. The number of nitrogens with two attached hydrogens (primary N) is 1. The van der Waals surface area contributed by atoms with Gasteiger partial charge in [0.2, 0.25) is 5.24 Å². The first-order valence-electron chi connectivity index (χ1n) is 8.01. The van der Waals surface area contributed by atoms with Crippen LogP contribution in [0, 0.1) is 5.92 Å². The number of carbonyl (C=O) groups excluding carboxylic acids is 2. The number of allylic oxidation sites excluding steroid dienone is 4. The van der Waals surface area contributed by atoms with Crippen molar-refractivity contribution in [2.24, 2.45) is 11.8 Å². The monoisotopic (exact) mass is 488 g/mol. The van der Waals surface area contributed by atoms with Gasteiger partial charge in [-0.05, 0) is 50.0 Å². The summed E-state index contributed by atoms with van der Waals surface area (Å²) < 4.78 is -1.02. The van der Waals surface area contributed by atoms with Crippen molar-refractivity contribution in [3.8, 4) is 0 Å². The molecule has 2 rings (SSSR count). The second kappa shape index (κ2) is 13.6. The summed E-state index contributed by atoms with van der Waals surface area (Å²) in [6.45, 7) is 7.78. The summed E-state index contributed by atoms with van der Waals surface area (Å²) in [5.74, 6) is 4.79. The number of hydrogen-bond donors (Lipinski definition) is 2. The Morgan fingerprint density at radius 2 is 1.54 bits per heavy atom. The predicted octanol–water partition coefficient (Wildman–Crippen LogP) is 5.79. The number of nitrogens with one attached hydrogen (secondary N) is 1. The maximum atomic E-state index is 10.8. The van der Waals surface area contributed by atoms with Crippen molar-refractivity contribution in [2.45, 2.75) is 37.6 Å². The molecule has 158 valence electrons. The number of hydrogen-bond acceptors (Lipinski definition) is 4. The highest BCUT2D eigenvalue weighted by Gasteiger charge is 2.35. The highest BCUT2D eigenvalue weighted by Crippen LogP contribution is 2.39. The summed E-state index contributed by atoms with van der Waals surface area (Å²) in [4.78, 5) is 21.3. The van der Waals surface area contributed by atoms with Crippen LogP contribution in [0.25, 0.3) is 0 Å². The van der Waals surface area contributed by atoms with Gasteiger partial charge in [-0.1, -0.05) is 72.6 Å². The number of benzene rings is 1. The van der Waals surface area contributed by atoms with E-state index < -0.39 is 14.8 Å². The number of rotatable bonds is 2. The van der Waals surface area contributed by atoms with E-state index >= 15 is 0 Å². The van der Waals surface area contributed by atoms with Crippen molar-refractivity contribution in [3.63, 3.8) is 0 Å². The molecule has 28 heavy (non-hydrogen) atoms. The summed E-state index contributed by atoms with van der Waals surface area (Å²) in [6.07, 6.45) is 4.89. The molecule has 0 spiro atoms. The van der Waals surface area contributed by atoms with Gasteiger partial charge < -0.3 is 0 Å². The lowest BCUT2D eigenvalue weighted by Crippen LogP contribution is -2.41. The van der Waals surface area contributed by atoms with E-state index in [1.54, 1.807) is 49.4 Å². The van der Waals surface area contributed by atoms with Gasteiger partial charge in [-0.2, -0.15) is 0 Å².